The van der Waals surface area contributed by atoms with Gasteiger partial charge in [0, 0.05) is 25.3 Å². The smallest absolute Gasteiger partial charge is 0.243 e. The predicted octanol–water partition coefficient (Wildman–Crippen LogP) is 6.53. The lowest BCUT2D eigenvalue weighted by Gasteiger charge is -2.31. The number of hydrogen-bond acceptors (Lipinski definition) is 3. The summed E-state index contributed by atoms with van der Waals surface area (Å²) in [5, 5.41) is 3.74. The van der Waals surface area contributed by atoms with Crippen LogP contribution in [0.4, 0.5) is 4.39 Å². The van der Waals surface area contributed by atoms with E-state index in [1.807, 2.05) is 37.3 Å². The van der Waals surface area contributed by atoms with Crippen LogP contribution in [-0.4, -0.2) is 35.1 Å². The first kappa shape index (κ1) is 28.0. The van der Waals surface area contributed by atoms with E-state index in [4.69, 9.17) is 23.2 Å². The van der Waals surface area contributed by atoms with Gasteiger partial charge in [-0.1, -0.05) is 84.7 Å². The molecule has 0 aromatic heterocycles. The average molecular weight is 548 g/mol. The van der Waals surface area contributed by atoms with Crippen molar-refractivity contribution in [2.75, 3.05) is 12.3 Å². The second kappa shape index (κ2) is 14.3. The summed E-state index contributed by atoms with van der Waals surface area (Å²) in [4.78, 5) is 28.4. The lowest BCUT2D eigenvalue weighted by atomic mass is 10.0. The van der Waals surface area contributed by atoms with Gasteiger partial charge in [0.2, 0.25) is 11.8 Å². The standard InChI is InChI=1S/C28H29Cl2FN2O2S/c1-2-14-32-28(35)26(16-20-8-4-3-5-9-20)33(17-21-12-13-23(29)24(30)15-21)27(34)19-36-18-22-10-6-7-11-25(22)31/h3-13,15,26H,2,14,16-19H2,1H3,(H,32,35)/t26-/m1/s1. The van der Waals surface area contributed by atoms with Gasteiger partial charge in [-0.15, -0.1) is 11.8 Å². The molecule has 1 N–H and O–H groups in total. The summed E-state index contributed by atoms with van der Waals surface area (Å²) < 4.78 is 14.0. The number of hydrogen-bond donors (Lipinski definition) is 1. The molecular weight excluding hydrogens is 518 g/mol. The largest absolute Gasteiger partial charge is 0.354 e. The quantitative estimate of drug-likeness (QED) is 0.281. The highest BCUT2D eigenvalue weighted by Gasteiger charge is 2.30. The zero-order chi connectivity index (χ0) is 25.9. The van der Waals surface area contributed by atoms with E-state index >= 15 is 0 Å². The molecule has 3 aromatic rings. The molecule has 0 aliphatic heterocycles. The Labute approximate surface area is 226 Å². The van der Waals surface area contributed by atoms with Crippen LogP contribution in [0.15, 0.2) is 72.8 Å². The number of carbonyl (C=O) groups is 2. The highest BCUT2D eigenvalue weighted by Crippen LogP contribution is 2.25. The Hall–Kier alpha value is -2.54. The average Bonchev–Trinajstić information content (AvgIpc) is 2.88. The number of rotatable bonds is 12. The predicted molar refractivity (Wildman–Crippen MR) is 147 cm³/mol. The van der Waals surface area contributed by atoms with E-state index in [1.54, 1.807) is 41.3 Å². The van der Waals surface area contributed by atoms with Crippen LogP contribution in [0, 0.1) is 5.82 Å². The summed E-state index contributed by atoms with van der Waals surface area (Å²) in [5.41, 5.74) is 2.24. The Kier molecular flexibility index (Phi) is 11.1. The number of nitrogens with zero attached hydrogens (tertiary/aromatic N) is 1. The van der Waals surface area contributed by atoms with Crippen LogP contribution in [0.25, 0.3) is 0 Å². The highest BCUT2D eigenvalue weighted by atomic mass is 35.5. The molecule has 0 fully saturated rings. The maximum Gasteiger partial charge on any atom is 0.243 e. The lowest BCUT2D eigenvalue weighted by molar-refractivity contribution is -0.139. The zero-order valence-electron chi connectivity index (χ0n) is 20.1. The van der Waals surface area contributed by atoms with Crippen molar-refractivity contribution in [1.29, 1.82) is 0 Å². The van der Waals surface area contributed by atoms with Crippen LogP contribution in [0.2, 0.25) is 10.0 Å². The van der Waals surface area contributed by atoms with Crippen molar-refractivity contribution in [2.45, 2.75) is 38.1 Å². The molecule has 3 rings (SSSR count). The van der Waals surface area contributed by atoms with Crippen molar-refractivity contribution in [3.8, 4) is 0 Å². The Morgan fingerprint density at radius 1 is 0.972 bits per heavy atom. The van der Waals surface area contributed by atoms with Gasteiger partial charge in [-0.3, -0.25) is 9.59 Å². The van der Waals surface area contributed by atoms with Gasteiger partial charge >= 0.3 is 0 Å². The van der Waals surface area contributed by atoms with Crippen LogP contribution >= 0.6 is 35.0 Å². The zero-order valence-corrected chi connectivity index (χ0v) is 22.4. The summed E-state index contributed by atoms with van der Waals surface area (Å²) in [6.07, 6.45) is 1.14. The van der Waals surface area contributed by atoms with E-state index in [0.717, 1.165) is 17.5 Å². The van der Waals surface area contributed by atoms with Crippen LogP contribution in [0.5, 0.6) is 0 Å². The Morgan fingerprint density at radius 2 is 1.69 bits per heavy atom. The molecule has 1 atom stereocenters. The molecule has 8 heteroatoms. The topological polar surface area (TPSA) is 49.4 Å². The SMILES string of the molecule is CCCNC(=O)[C@@H](Cc1ccccc1)N(Cc1ccc(Cl)c(Cl)c1)C(=O)CSCc1ccccc1F. The first-order valence-corrected chi connectivity index (χ1v) is 13.7. The van der Waals surface area contributed by atoms with Crippen LogP contribution in [0.3, 0.4) is 0 Å². The van der Waals surface area contributed by atoms with E-state index in [-0.39, 0.29) is 29.9 Å². The third kappa shape index (κ3) is 8.26. The normalized spacial score (nSPS) is 11.7. The fourth-order valence-corrected chi connectivity index (χ4v) is 4.92. The van der Waals surface area contributed by atoms with Crippen molar-refractivity contribution in [3.63, 3.8) is 0 Å². The van der Waals surface area contributed by atoms with Crippen molar-refractivity contribution in [1.82, 2.24) is 10.2 Å². The van der Waals surface area contributed by atoms with Gasteiger partial charge in [0.1, 0.15) is 11.9 Å². The van der Waals surface area contributed by atoms with E-state index in [1.165, 1.54) is 17.8 Å². The third-order valence-electron chi connectivity index (χ3n) is 5.60. The van der Waals surface area contributed by atoms with Gasteiger partial charge in [-0.25, -0.2) is 4.39 Å². The number of thioether (sulfide) groups is 1. The van der Waals surface area contributed by atoms with Crippen LogP contribution in [0.1, 0.15) is 30.0 Å². The first-order chi connectivity index (χ1) is 17.4. The van der Waals surface area contributed by atoms with Crippen molar-refractivity contribution in [3.05, 3.63) is 105 Å². The Morgan fingerprint density at radius 3 is 2.39 bits per heavy atom. The summed E-state index contributed by atoms with van der Waals surface area (Å²) in [7, 11) is 0. The molecule has 0 heterocycles. The summed E-state index contributed by atoms with van der Waals surface area (Å²) in [6.45, 7) is 2.68. The molecular formula is C28H29Cl2FN2O2S. The second-order valence-electron chi connectivity index (χ2n) is 8.35. The molecule has 0 saturated heterocycles. The second-order valence-corrected chi connectivity index (χ2v) is 10.2. The molecule has 190 valence electrons. The molecule has 0 bridgehead atoms. The highest BCUT2D eigenvalue weighted by molar-refractivity contribution is 7.99. The number of nitrogens with one attached hydrogen (secondary N) is 1. The van der Waals surface area contributed by atoms with E-state index in [2.05, 4.69) is 5.32 Å². The minimum absolute atomic E-state index is 0.0992. The maximum absolute atomic E-state index is 14.0. The molecule has 36 heavy (non-hydrogen) atoms. The van der Waals surface area contributed by atoms with E-state index in [0.29, 0.717) is 34.3 Å². The van der Waals surface area contributed by atoms with Gasteiger partial charge in [0.25, 0.3) is 0 Å². The molecule has 0 radical (unpaired) electrons. The van der Waals surface area contributed by atoms with Crippen molar-refractivity contribution >= 4 is 46.8 Å². The molecule has 0 saturated carbocycles. The van der Waals surface area contributed by atoms with Crippen molar-refractivity contribution in [2.24, 2.45) is 0 Å². The number of halogens is 3. The van der Waals surface area contributed by atoms with Gasteiger partial charge in [0.15, 0.2) is 0 Å². The van der Waals surface area contributed by atoms with Crippen molar-refractivity contribution < 1.29 is 14.0 Å². The Balaban J connectivity index is 1.86. The van der Waals surface area contributed by atoms with Gasteiger partial charge in [0.05, 0.1) is 15.8 Å². The number of carbonyl (C=O) groups excluding carboxylic acids is 2. The van der Waals surface area contributed by atoms with Gasteiger partial charge in [-0.2, -0.15) is 0 Å². The molecule has 0 spiro atoms. The molecule has 0 aliphatic carbocycles. The fourth-order valence-electron chi connectivity index (χ4n) is 3.70. The fraction of sp³-hybridized carbons (Fsp3) is 0.286. The number of benzene rings is 3. The minimum atomic E-state index is -0.727. The van der Waals surface area contributed by atoms with Gasteiger partial charge < -0.3 is 10.2 Å². The van der Waals surface area contributed by atoms with Crippen LogP contribution in [-0.2, 0) is 28.3 Å². The first-order valence-electron chi connectivity index (χ1n) is 11.7. The third-order valence-corrected chi connectivity index (χ3v) is 7.30. The molecule has 4 nitrogen and oxygen atoms in total. The molecule has 3 aromatic carbocycles. The number of amides is 2. The Bertz CT molecular complexity index is 1160. The van der Waals surface area contributed by atoms with E-state index < -0.39 is 6.04 Å². The summed E-state index contributed by atoms with van der Waals surface area (Å²) in [5.74, 6) is -0.277. The van der Waals surface area contributed by atoms with E-state index in [9.17, 15) is 14.0 Å². The van der Waals surface area contributed by atoms with Gasteiger partial charge in [-0.05, 0) is 41.3 Å². The van der Waals surface area contributed by atoms with Crippen LogP contribution < -0.4 is 5.32 Å². The molecule has 0 unspecified atom stereocenters. The summed E-state index contributed by atoms with van der Waals surface area (Å²) in [6, 6.07) is 20.6. The minimum Gasteiger partial charge on any atom is -0.354 e. The lowest BCUT2D eigenvalue weighted by Crippen LogP contribution is -2.51. The molecule has 0 aliphatic rings. The summed E-state index contributed by atoms with van der Waals surface area (Å²) >= 11 is 13.6. The monoisotopic (exact) mass is 546 g/mol. The maximum atomic E-state index is 14.0. The molecule has 2 amide bonds.